The smallest absolute Gasteiger partial charge is 0.222 e. The number of nitrogens with one attached hydrogen (secondary N) is 1. The zero-order chi connectivity index (χ0) is 16.1. The number of amides is 1. The molecule has 2 heterocycles. The van der Waals surface area contributed by atoms with Crippen LogP contribution in [0.4, 0.5) is 4.39 Å². The predicted octanol–water partition coefficient (Wildman–Crippen LogP) is 3.31. The molecule has 2 saturated heterocycles. The van der Waals surface area contributed by atoms with Crippen molar-refractivity contribution < 1.29 is 9.18 Å². The van der Waals surface area contributed by atoms with Crippen molar-refractivity contribution >= 4 is 5.91 Å². The second-order valence-corrected chi connectivity index (χ2v) is 6.93. The van der Waals surface area contributed by atoms with Gasteiger partial charge in [0.25, 0.3) is 0 Å². The monoisotopic (exact) mass is 318 g/mol. The highest BCUT2D eigenvalue weighted by Gasteiger charge is 2.26. The molecule has 2 aliphatic rings. The van der Waals surface area contributed by atoms with E-state index >= 15 is 0 Å². The zero-order valence-corrected chi connectivity index (χ0v) is 13.8. The summed E-state index contributed by atoms with van der Waals surface area (Å²) in [5.41, 5.74) is 0.814. The third kappa shape index (κ3) is 4.31. The molecular weight excluding hydrogens is 291 g/mol. The van der Waals surface area contributed by atoms with Gasteiger partial charge in [-0.2, -0.15) is 0 Å². The van der Waals surface area contributed by atoms with E-state index in [2.05, 4.69) is 5.32 Å². The van der Waals surface area contributed by atoms with Crippen LogP contribution in [0.2, 0.25) is 0 Å². The predicted molar refractivity (Wildman–Crippen MR) is 89.8 cm³/mol. The van der Waals surface area contributed by atoms with Crippen molar-refractivity contribution in [1.82, 2.24) is 10.2 Å². The molecule has 3 rings (SSSR count). The molecule has 1 atom stereocenters. The van der Waals surface area contributed by atoms with Crippen molar-refractivity contribution in [1.29, 1.82) is 0 Å². The highest BCUT2D eigenvalue weighted by molar-refractivity contribution is 5.76. The number of benzene rings is 1. The molecule has 1 unspecified atom stereocenters. The van der Waals surface area contributed by atoms with Crippen molar-refractivity contribution in [2.45, 2.75) is 44.4 Å². The van der Waals surface area contributed by atoms with Crippen LogP contribution in [0.3, 0.4) is 0 Å². The largest absolute Gasteiger partial charge is 0.343 e. The van der Waals surface area contributed by atoms with Crippen LogP contribution >= 0.6 is 0 Å². The SMILES string of the molecule is O=C(CC1CCCNCC1)N1CCC(c2ccccc2F)CC1. The number of piperidine rings is 1. The molecule has 0 saturated carbocycles. The molecule has 23 heavy (non-hydrogen) atoms. The highest BCUT2D eigenvalue weighted by Crippen LogP contribution is 2.30. The molecule has 0 spiro atoms. The Morgan fingerprint density at radius 1 is 1.13 bits per heavy atom. The van der Waals surface area contributed by atoms with E-state index in [4.69, 9.17) is 0 Å². The molecular formula is C19H27FN2O. The first-order valence-corrected chi connectivity index (χ1v) is 8.97. The lowest BCUT2D eigenvalue weighted by molar-refractivity contribution is -0.133. The van der Waals surface area contributed by atoms with E-state index in [1.54, 1.807) is 6.07 Å². The summed E-state index contributed by atoms with van der Waals surface area (Å²) in [6, 6.07) is 7.05. The standard InChI is InChI=1S/C19H27FN2O/c20-18-6-2-1-5-17(18)16-8-12-22(13-9-16)19(23)14-15-4-3-10-21-11-7-15/h1-2,5-6,15-16,21H,3-4,7-14H2. The summed E-state index contributed by atoms with van der Waals surface area (Å²) in [5.74, 6) is 0.969. The van der Waals surface area contributed by atoms with Gasteiger partial charge >= 0.3 is 0 Å². The fourth-order valence-electron chi connectivity index (χ4n) is 3.92. The maximum absolute atomic E-state index is 13.9. The fourth-order valence-corrected chi connectivity index (χ4v) is 3.92. The van der Waals surface area contributed by atoms with Crippen molar-refractivity contribution in [2.24, 2.45) is 5.92 Å². The molecule has 126 valence electrons. The summed E-state index contributed by atoms with van der Waals surface area (Å²) in [4.78, 5) is 14.5. The van der Waals surface area contributed by atoms with Crippen molar-refractivity contribution in [2.75, 3.05) is 26.2 Å². The topological polar surface area (TPSA) is 32.3 Å². The molecule has 0 bridgehead atoms. The number of hydrogen-bond acceptors (Lipinski definition) is 2. The quantitative estimate of drug-likeness (QED) is 0.927. The maximum Gasteiger partial charge on any atom is 0.222 e. The lowest BCUT2D eigenvalue weighted by atomic mass is 9.88. The molecule has 0 aliphatic carbocycles. The summed E-state index contributed by atoms with van der Waals surface area (Å²) in [5, 5.41) is 3.40. The van der Waals surface area contributed by atoms with E-state index in [1.807, 2.05) is 17.0 Å². The zero-order valence-electron chi connectivity index (χ0n) is 13.8. The van der Waals surface area contributed by atoms with Gasteiger partial charge in [0.15, 0.2) is 0 Å². The average Bonchev–Trinajstić information content (AvgIpc) is 2.84. The normalized spacial score (nSPS) is 23.5. The average molecular weight is 318 g/mol. The molecule has 1 N–H and O–H groups in total. The van der Waals surface area contributed by atoms with Gasteiger partial charge < -0.3 is 10.2 Å². The number of carbonyl (C=O) groups is 1. The third-order valence-corrected chi connectivity index (χ3v) is 5.35. The third-order valence-electron chi connectivity index (χ3n) is 5.35. The molecule has 1 amide bonds. The van der Waals surface area contributed by atoms with Crippen LogP contribution < -0.4 is 5.32 Å². The van der Waals surface area contributed by atoms with Crippen LogP contribution in [0.25, 0.3) is 0 Å². The van der Waals surface area contributed by atoms with Crippen molar-refractivity contribution in [3.8, 4) is 0 Å². The van der Waals surface area contributed by atoms with Crippen molar-refractivity contribution in [3.05, 3.63) is 35.6 Å². The number of nitrogens with zero attached hydrogens (tertiary/aromatic N) is 1. The van der Waals surface area contributed by atoms with Crippen LogP contribution in [0.15, 0.2) is 24.3 Å². The fraction of sp³-hybridized carbons (Fsp3) is 0.632. The van der Waals surface area contributed by atoms with Gasteiger partial charge in [0.1, 0.15) is 5.82 Å². The minimum absolute atomic E-state index is 0.108. The Labute approximate surface area is 138 Å². The molecule has 3 nitrogen and oxygen atoms in total. The Bertz CT molecular complexity index is 518. The molecule has 2 fully saturated rings. The van der Waals surface area contributed by atoms with Gasteiger partial charge in [0.05, 0.1) is 0 Å². The molecule has 0 aromatic heterocycles. The van der Waals surface area contributed by atoms with Crippen LogP contribution in [0.1, 0.15) is 50.0 Å². The second-order valence-electron chi connectivity index (χ2n) is 6.93. The minimum atomic E-state index is -0.108. The summed E-state index contributed by atoms with van der Waals surface area (Å²) < 4.78 is 13.9. The highest BCUT2D eigenvalue weighted by atomic mass is 19.1. The van der Waals surface area contributed by atoms with E-state index in [0.29, 0.717) is 18.2 Å². The van der Waals surface area contributed by atoms with Crippen LogP contribution in [-0.2, 0) is 4.79 Å². The van der Waals surface area contributed by atoms with Gasteiger partial charge in [-0.05, 0) is 68.7 Å². The van der Waals surface area contributed by atoms with Crippen LogP contribution in [0.5, 0.6) is 0 Å². The van der Waals surface area contributed by atoms with Gasteiger partial charge in [-0.25, -0.2) is 4.39 Å². The molecule has 0 radical (unpaired) electrons. The van der Waals surface area contributed by atoms with Crippen molar-refractivity contribution in [3.63, 3.8) is 0 Å². The number of halogens is 1. The second kappa shape index (κ2) is 7.91. The van der Waals surface area contributed by atoms with Gasteiger partial charge in [0, 0.05) is 19.5 Å². The van der Waals surface area contributed by atoms with Gasteiger partial charge in [-0.1, -0.05) is 18.2 Å². The Morgan fingerprint density at radius 2 is 1.91 bits per heavy atom. The number of carbonyl (C=O) groups excluding carboxylic acids is 1. The maximum atomic E-state index is 13.9. The first-order chi connectivity index (χ1) is 11.2. The summed E-state index contributed by atoms with van der Waals surface area (Å²) in [6.07, 6.45) is 5.87. The Balaban J connectivity index is 1.50. The van der Waals surface area contributed by atoms with E-state index in [0.717, 1.165) is 57.4 Å². The Hall–Kier alpha value is -1.42. The molecule has 1 aromatic carbocycles. The Morgan fingerprint density at radius 3 is 2.70 bits per heavy atom. The first kappa shape index (κ1) is 16.4. The summed E-state index contributed by atoms with van der Waals surface area (Å²) in [6.45, 7) is 3.65. The lowest BCUT2D eigenvalue weighted by Gasteiger charge is -2.33. The lowest BCUT2D eigenvalue weighted by Crippen LogP contribution is -2.38. The van der Waals surface area contributed by atoms with Gasteiger partial charge in [-0.15, -0.1) is 0 Å². The van der Waals surface area contributed by atoms with E-state index < -0.39 is 0 Å². The summed E-state index contributed by atoms with van der Waals surface area (Å²) in [7, 11) is 0. The van der Waals surface area contributed by atoms with Gasteiger partial charge in [-0.3, -0.25) is 4.79 Å². The van der Waals surface area contributed by atoms with Gasteiger partial charge in [0.2, 0.25) is 5.91 Å². The molecule has 4 heteroatoms. The Kier molecular flexibility index (Phi) is 5.65. The summed E-state index contributed by atoms with van der Waals surface area (Å²) >= 11 is 0. The molecule has 2 aliphatic heterocycles. The number of rotatable bonds is 3. The number of likely N-dealkylation sites (tertiary alicyclic amines) is 1. The minimum Gasteiger partial charge on any atom is -0.343 e. The van der Waals surface area contributed by atoms with E-state index in [9.17, 15) is 9.18 Å². The number of hydrogen-bond donors (Lipinski definition) is 1. The van der Waals surface area contributed by atoms with E-state index in [1.165, 1.54) is 12.5 Å². The molecule has 1 aromatic rings. The van der Waals surface area contributed by atoms with Crippen LogP contribution in [0, 0.1) is 11.7 Å². The van der Waals surface area contributed by atoms with Crippen LogP contribution in [-0.4, -0.2) is 37.0 Å². The first-order valence-electron chi connectivity index (χ1n) is 8.97. The van der Waals surface area contributed by atoms with E-state index in [-0.39, 0.29) is 11.7 Å².